The Balaban J connectivity index is 2.35. The summed E-state index contributed by atoms with van der Waals surface area (Å²) in [7, 11) is -3.69. The summed E-state index contributed by atoms with van der Waals surface area (Å²) in [6.07, 6.45) is 0. The van der Waals surface area contributed by atoms with Crippen LogP contribution in [0.25, 0.3) is 0 Å². The Morgan fingerprint density at radius 2 is 2.16 bits per heavy atom. The first-order chi connectivity index (χ1) is 8.94. The summed E-state index contributed by atoms with van der Waals surface area (Å²) >= 11 is 12.7. The van der Waals surface area contributed by atoms with Crippen LogP contribution in [0.2, 0.25) is 5.02 Å². The van der Waals surface area contributed by atoms with Crippen molar-refractivity contribution in [1.29, 1.82) is 0 Å². The number of thiazole rings is 1. The quantitative estimate of drug-likeness (QED) is 0.867. The van der Waals surface area contributed by atoms with Gasteiger partial charge in [-0.15, -0.1) is 22.9 Å². The molecule has 0 unspecified atom stereocenters. The molecule has 0 saturated carbocycles. The fourth-order valence-electron chi connectivity index (χ4n) is 1.46. The second kappa shape index (κ2) is 5.66. The standard InChI is InChI=1S/C11H10Cl2N2O2S2/c1-7-9(13)3-2-4-10(7)19(16,17)15-11-14-8(5-12)6-18-11/h2-4,6H,5H2,1H3,(H,14,15). The number of rotatable bonds is 4. The van der Waals surface area contributed by atoms with Gasteiger partial charge in [0.2, 0.25) is 0 Å². The molecule has 0 radical (unpaired) electrons. The number of hydrogen-bond acceptors (Lipinski definition) is 4. The van der Waals surface area contributed by atoms with E-state index in [4.69, 9.17) is 23.2 Å². The Hall–Kier alpha value is -0.820. The highest BCUT2D eigenvalue weighted by Crippen LogP contribution is 2.26. The van der Waals surface area contributed by atoms with Gasteiger partial charge in [-0.25, -0.2) is 13.4 Å². The van der Waals surface area contributed by atoms with Crippen molar-refractivity contribution in [3.63, 3.8) is 0 Å². The Labute approximate surface area is 125 Å². The van der Waals surface area contributed by atoms with E-state index in [1.807, 2.05) is 0 Å². The Bertz CT molecular complexity index is 698. The van der Waals surface area contributed by atoms with Crippen molar-refractivity contribution in [3.8, 4) is 0 Å². The highest BCUT2D eigenvalue weighted by atomic mass is 35.5. The maximum Gasteiger partial charge on any atom is 0.263 e. The third-order valence-corrected chi connectivity index (χ3v) is 5.52. The largest absolute Gasteiger partial charge is 0.263 e. The molecular weight excluding hydrogens is 327 g/mol. The van der Waals surface area contributed by atoms with Crippen LogP contribution in [0.3, 0.4) is 0 Å². The summed E-state index contributed by atoms with van der Waals surface area (Å²) < 4.78 is 26.9. The van der Waals surface area contributed by atoms with Crippen molar-refractivity contribution in [2.45, 2.75) is 17.7 Å². The summed E-state index contributed by atoms with van der Waals surface area (Å²) in [6.45, 7) is 1.66. The number of aromatic nitrogens is 1. The number of benzene rings is 1. The number of nitrogens with zero attached hydrogens (tertiary/aromatic N) is 1. The SMILES string of the molecule is Cc1c(Cl)cccc1S(=O)(=O)Nc1nc(CCl)cs1. The average molecular weight is 337 g/mol. The summed E-state index contributed by atoms with van der Waals surface area (Å²) in [6, 6.07) is 4.74. The molecule has 1 N–H and O–H groups in total. The van der Waals surface area contributed by atoms with E-state index in [2.05, 4.69) is 9.71 Å². The molecule has 2 aromatic rings. The molecule has 0 atom stereocenters. The monoisotopic (exact) mass is 336 g/mol. The maximum absolute atomic E-state index is 12.2. The zero-order valence-corrected chi connectivity index (χ0v) is 13.0. The number of sulfonamides is 1. The molecule has 0 saturated heterocycles. The maximum atomic E-state index is 12.2. The molecule has 0 amide bonds. The molecule has 1 aromatic heterocycles. The molecule has 4 nitrogen and oxygen atoms in total. The van der Waals surface area contributed by atoms with E-state index in [-0.39, 0.29) is 15.9 Å². The molecule has 0 bridgehead atoms. The summed E-state index contributed by atoms with van der Waals surface area (Å²) in [5.41, 5.74) is 1.14. The normalized spacial score (nSPS) is 11.5. The fraction of sp³-hybridized carbons (Fsp3) is 0.182. The number of alkyl halides is 1. The van der Waals surface area contributed by atoms with Crippen molar-refractivity contribution in [1.82, 2.24) is 4.98 Å². The minimum Gasteiger partial charge on any atom is -0.255 e. The third kappa shape index (κ3) is 3.20. The molecule has 102 valence electrons. The molecular formula is C11H10Cl2N2O2S2. The van der Waals surface area contributed by atoms with Crippen LogP contribution in [-0.4, -0.2) is 13.4 Å². The molecule has 1 heterocycles. The van der Waals surface area contributed by atoms with Gasteiger partial charge in [0.15, 0.2) is 5.13 Å². The number of hydrogen-bond donors (Lipinski definition) is 1. The van der Waals surface area contributed by atoms with Gasteiger partial charge < -0.3 is 0 Å². The number of nitrogens with one attached hydrogen (secondary N) is 1. The second-order valence-electron chi connectivity index (χ2n) is 3.75. The Morgan fingerprint density at radius 3 is 2.79 bits per heavy atom. The lowest BCUT2D eigenvalue weighted by Gasteiger charge is -2.09. The van der Waals surface area contributed by atoms with Crippen molar-refractivity contribution < 1.29 is 8.42 Å². The van der Waals surface area contributed by atoms with Crippen molar-refractivity contribution in [3.05, 3.63) is 39.9 Å². The minimum absolute atomic E-state index is 0.141. The summed E-state index contributed by atoms with van der Waals surface area (Å²) in [4.78, 5) is 4.20. The van der Waals surface area contributed by atoms with Gasteiger partial charge in [0, 0.05) is 10.4 Å². The van der Waals surface area contributed by atoms with Crippen molar-refractivity contribution in [2.24, 2.45) is 0 Å². The first-order valence-electron chi connectivity index (χ1n) is 5.22. The van der Waals surface area contributed by atoms with E-state index < -0.39 is 10.0 Å². The Morgan fingerprint density at radius 1 is 1.42 bits per heavy atom. The van der Waals surface area contributed by atoms with E-state index in [0.717, 1.165) is 0 Å². The summed E-state index contributed by atoms with van der Waals surface area (Å²) in [5, 5.41) is 2.40. The van der Waals surface area contributed by atoms with Crippen LogP contribution in [0, 0.1) is 6.92 Å². The highest BCUT2D eigenvalue weighted by molar-refractivity contribution is 7.93. The number of anilines is 1. The zero-order chi connectivity index (χ0) is 14.0. The van der Waals surface area contributed by atoms with Crippen molar-refractivity contribution >= 4 is 49.7 Å². The average Bonchev–Trinajstić information content (AvgIpc) is 2.79. The topological polar surface area (TPSA) is 59.1 Å². The summed E-state index contributed by atoms with van der Waals surface area (Å²) in [5.74, 6) is 0.244. The van der Waals surface area contributed by atoms with E-state index in [1.54, 1.807) is 24.4 Å². The lowest BCUT2D eigenvalue weighted by Crippen LogP contribution is -2.14. The van der Waals surface area contributed by atoms with Gasteiger partial charge in [-0.2, -0.15) is 0 Å². The van der Waals surface area contributed by atoms with Crippen LogP contribution in [-0.2, 0) is 15.9 Å². The van der Waals surface area contributed by atoms with Crippen LogP contribution in [0.4, 0.5) is 5.13 Å². The molecule has 0 spiro atoms. The number of halogens is 2. The van der Waals surface area contributed by atoms with E-state index >= 15 is 0 Å². The third-order valence-electron chi connectivity index (χ3n) is 2.42. The molecule has 0 aliphatic rings. The molecule has 19 heavy (non-hydrogen) atoms. The predicted molar refractivity (Wildman–Crippen MR) is 78.7 cm³/mol. The van der Waals surface area contributed by atoms with Crippen LogP contribution in [0.15, 0.2) is 28.5 Å². The lowest BCUT2D eigenvalue weighted by atomic mass is 10.2. The molecule has 2 rings (SSSR count). The highest BCUT2D eigenvalue weighted by Gasteiger charge is 2.19. The molecule has 0 aliphatic heterocycles. The van der Waals surface area contributed by atoms with Gasteiger partial charge in [0.25, 0.3) is 10.0 Å². The molecule has 8 heteroatoms. The molecule has 0 aliphatic carbocycles. The van der Waals surface area contributed by atoms with E-state index in [1.165, 1.54) is 17.4 Å². The first-order valence-corrected chi connectivity index (χ1v) is 8.50. The zero-order valence-electron chi connectivity index (χ0n) is 9.85. The molecule has 1 aromatic carbocycles. The van der Waals surface area contributed by atoms with Gasteiger partial charge in [-0.3, -0.25) is 4.72 Å². The van der Waals surface area contributed by atoms with Gasteiger partial charge in [-0.05, 0) is 24.6 Å². The second-order valence-corrected chi connectivity index (χ2v) is 6.93. The van der Waals surface area contributed by atoms with Crippen LogP contribution >= 0.6 is 34.5 Å². The van der Waals surface area contributed by atoms with Gasteiger partial charge in [0.05, 0.1) is 16.5 Å². The van der Waals surface area contributed by atoms with Crippen molar-refractivity contribution in [2.75, 3.05) is 4.72 Å². The smallest absolute Gasteiger partial charge is 0.255 e. The van der Waals surface area contributed by atoms with Gasteiger partial charge in [-0.1, -0.05) is 17.7 Å². The first kappa shape index (κ1) is 14.6. The van der Waals surface area contributed by atoms with Crippen LogP contribution < -0.4 is 4.72 Å². The van der Waals surface area contributed by atoms with Gasteiger partial charge in [0.1, 0.15) is 0 Å². The Kier molecular flexibility index (Phi) is 4.35. The fourth-order valence-corrected chi connectivity index (χ4v) is 4.15. The molecule has 0 fully saturated rings. The predicted octanol–water partition coefficient (Wildman–Crippen LogP) is 3.64. The van der Waals surface area contributed by atoms with Crippen LogP contribution in [0.1, 0.15) is 11.3 Å². The van der Waals surface area contributed by atoms with E-state index in [0.29, 0.717) is 16.3 Å². The van der Waals surface area contributed by atoms with Crippen LogP contribution in [0.5, 0.6) is 0 Å². The van der Waals surface area contributed by atoms with Gasteiger partial charge >= 0.3 is 0 Å². The minimum atomic E-state index is -3.69. The lowest BCUT2D eigenvalue weighted by molar-refractivity contribution is 0.600. The van der Waals surface area contributed by atoms with E-state index in [9.17, 15) is 8.42 Å².